The molecule has 7 nitrogen and oxygen atoms in total. The smallest absolute Gasteiger partial charge is 0.340 e. The lowest BCUT2D eigenvalue weighted by Gasteiger charge is -2.15. The van der Waals surface area contributed by atoms with E-state index in [1.165, 1.54) is 12.1 Å². The third-order valence-electron chi connectivity index (χ3n) is 4.04. The predicted molar refractivity (Wildman–Crippen MR) is 109 cm³/mol. The highest BCUT2D eigenvalue weighted by atomic mass is 32.2. The van der Waals surface area contributed by atoms with Crippen molar-refractivity contribution in [1.82, 2.24) is 0 Å². The van der Waals surface area contributed by atoms with Gasteiger partial charge in [0.05, 0.1) is 17.5 Å². The molecule has 2 aromatic carbocycles. The van der Waals surface area contributed by atoms with Crippen molar-refractivity contribution >= 4 is 33.3 Å². The molecule has 0 heterocycles. The summed E-state index contributed by atoms with van der Waals surface area (Å²) in [5, 5.41) is 2.81. The van der Waals surface area contributed by atoms with E-state index in [1.807, 2.05) is 32.0 Å². The van der Waals surface area contributed by atoms with E-state index >= 15 is 0 Å². The van der Waals surface area contributed by atoms with Gasteiger partial charge in [-0.2, -0.15) is 0 Å². The number of rotatable bonds is 8. The molecule has 0 bridgehead atoms. The molecule has 2 N–H and O–H groups in total. The van der Waals surface area contributed by atoms with Crippen LogP contribution in [-0.4, -0.2) is 33.2 Å². The highest BCUT2D eigenvalue weighted by Crippen LogP contribution is 2.22. The van der Waals surface area contributed by atoms with E-state index in [1.54, 1.807) is 12.1 Å². The van der Waals surface area contributed by atoms with Gasteiger partial charge >= 0.3 is 5.97 Å². The third-order valence-corrected chi connectivity index (χ3v) is 4.63. The van der Waals surface area contributed by atoms with Crippen molar-refractivity contribution in [2.75, 3.05) is 22.9 Å². The van der Waals surface area contributed by atoms with E-state index in [0.717, 1.165) is 35.9 Å². The Balaban J connectivity index is 2.08. The highest BCUT2D eigenvalue weighted by molar-refractivity contribution is 7.92. The Morgan fingerprint density at radius 2 is 1.57 bits per heavy atom. The molecule has 0 atom stereocenters. The lowest BCUT2D eigenvalue weighted by Crippen LogP contribution is -2.23. The van der Waals surface area contributed by atoms with Gasteiger partial charge in [0.2, 0.25) is 10.0 Å². The standard InChI is InChI=1S/C20H24N2O5S/c1-4-14-9-8-10-15(5-2)19(14)21-18(23)13-27-20(24)16-11-6-7-12-17(16)22-28(3,25)26/h6-12,22H,4-5,13H2,1-3H3,(H,21,23). The van der Waals surface area contributed by atoms with Crippen LogP contribution in [0.15, 0.2) is 42.5 Å². The van der Waals surface area contributed by atoms with Gasteiger partial charge < -0.3 is 10.1 Å². The zero-order valence-corrected chi connectivity index (χ0v) is 16.9. The molecule has 0 aromatic heterocycles. The van der Waals surface area contributed by atoms with Crippen LogP contribution >= 0.6 is 0 Å². The summed E-state index contributed by atoms with van der Waals surface area (Å²) in [5.41, 5.74) is 2.88. The fourth-order valence-corrected chi connectivity index (χ4v) is 3.31. The number of amides is 1. The van der Waals surface area contributed by atoms with Crippen molar-refractivity contribution in [3.05, 3.63) is 59.2 Å². The number of hydrogen-bond donors (Lipinski definition) is 2. The van der Waals surface area contributed by atoms with Gasteiger partial charge in [-0.25, -0.2) is 13.2 Å². The minimum absolute atomic E-state index is 0.0314. The molecule has 28 heavy (non-hydrogen) atoms. The predicted octanol–water partition coefficient (Wildman–Crippen LogP) is 2.98. The van der Waals surface area contributed by atoms with Crippen LogP contribution in [0.1, 0.15) is 35.3 Å². The lowest BCUT2D eigenvalue weighted by atomic mass is 10.0. The topological polar surface area (TPSA) is 102 Å². The maximum atomic E-state index is 12.3. The summed E-state index contributed by atoms with van der Waals surface area (Å²) >= 11 is 0. The van der Waals surface area contributed by atoms with E-state index in [0.29, 0.717) is 0 Å². The fraction of sp³-hybridized carbons (Fsp3) is 0.300. The summed E-state index contributed by atoms with van der Waals surface area (Å²) in [4.78, 5) is 24.6. The maximum Gasteiger partial charge on any atom is 0.340 e. The minimum atomic E-state index is -3.56. The number of carbonyl (C=O) groups is 2. The lowest BCUT2D eigenvalue weighted by molar-refractivity contribution is -0.119. The van der Waals surface area contributed by atoms with Crippen LogP contribution in [0.5, 0.6) is 0 Å². The second kappa shape index (κ2) is 9.36. The second-order valence-electron chi connectivity index (χ2n) is 6.20. The number of benzene rings is 2. The molecular weight excluding hydrogens is 380 g/mol. The van der Waals surface area contributed by atoms with Crippen LogP contribution in [0.2, 0.25) is 0 Å². The summed E-state index contributed by atoms with van der Waals surface area (Å²) in [6, 6.07) is 11.9. The first-order valence-electron chi connectivity index (χ1n) is 8.89. The molecule has 0 fully saturated rings. The van der Waals surface area contributed by atoms with Gasteiger partial charge in [0.1, 0.15) is 0 Å². The molecule has 0 saturated carbocycles. The van der Waals surface area contributed by atoms with E-state index in [4.69, 9.17) is 4.74 Å². The summed E-state index contributed by atoms with van der Waals surface area (Å²) < 4.78 is 30.2. The molecular formula is C20H24N2O5S. The van der Waals surface area contributed by atoms with E-state index in [-0.39, 0.29) is 11.3 Å². The van der Waals surface area contributed by atoms with Crippen LogP contribution < -0.4 is 10.0 Å². The Kier molecular flexibility index (Phi) is 7.17. The van der Waals surface area contributed by atoms with Gasteiger partial charge in [0.25, 0.3) is 5.91 Å². The average molecular weight is 404 g/mol. The molecule has 150 valence electrons. The van der Waals surface area contributed by atoms with Gasteiger partial charge in [-0.3, -0.25) is 9.52 Å². The number of para-hydroxylation sites is 2. The first-order valence-corrected chi connectivity index (χ1v) is 10.8. The monoisotopic (exact) mass is 404 g/mol. The molecule has 1 amide bonds. The Bertz CT molecular complexity index is 948. The van der Waals surface area contributed by atoms with Crippen LogP contribution in [0.3, 0.4) is 0 Å². The maximum absolute atomic E-state index is 12.3. The molecule has 2 rings (SSSR count). The average Bonchev–Trinajstić information content (AvgIpc) is 2.65. The molecule has 0 unspecified atom stereocenters. The van der Waals surface area contributed by atoms with E-state index in [9.17, 15) is 18.0 Å². The van der Waals surface area contributed by atoms with Crippen molar-refractivity contribution in [2.45, 2.75) is 26.7 Å². The Labute approximate surface area is 165 Å². The van der Waals surface area contributed by atoms with Gasteiger partial charge in [-0.1, -0.05) is 44.2 Å². The molecule has 0 aliphatic heterocycles. The summed E-state index contributed by atoms with van der Waals surface area (Å²) in [6.07, 6.45) is 2.50. The Morgan fingerprint density at radius 1 is 0.964 bits per heavy atom. The highest BCUT2D eigenvalue weighted by Gasteiger charge is 2.17. The molecule has 2 aromatic rings. The van der Waals surface area contributed by atoms with Crippen molar-refractivity contribution < 1.29 is 22.7 Å². The molecule has 0 spiro atoms. The fourth-order valence-electron chi connectivity index (χ4n) is 2.74. The number of esters is 1. The Morgan fingerprint density at radius 3 is 2.14 bits per heavy atom. The first-order chi connectivity index (χ1) is 13.2. The first kappa shape index (κ1) is 21.4. The van der Waals surface area contributed by atoms with Crippen LogP contribution in [-0.2, 0) is 32.4 Å². The quantitative estimate of drug-likeness (QED) is 0.659. The van der Waals surface area contributed by atoms with Crippen LogP contribution in [0.4, 0.5) is 11.4 Å². The number of ether oxygens (including phenoxy) is 1. The zero-order chi connectivity index (χ0) is 20.7. The van der Waals surface area contributed by atoms with Gasteiger partial charge in [0, 0.05) is 5.69 Å². The summed E-state index contributed by atoms with van der Waals surface area (Å²) in [6.45, 7) is 3.51. The number of sulfonamides is 1. The molecule has 8 heteroatoms. The normalized spacial score (nSPS) is 11.0. The molecule has 0 radical (unpaired) electrons. The molecule has 0 aliphatic carbocycles. The zero-order valence-electron chi connectivity index (χ0n) is 16.1. The van der Waals surface area contributed by atoms with E-state index in [2.05, 4.69) is 10.0 Å². The number of nitrogens with one attached hydrogen (secondary N) is 2. The van der Waals surface area contributed by atoms with Crippen LogP contribution in [0.25, 0.3) is 0 Å². The summed E-state index contributed by atoms with van der Waals surface area (Å²) in [7, 11) is -3.56. The molecule has 0 aliphatic rings. The second-order valence-corrected chi connectivity index (χ2v) is 7.95. The Hall–Kier alpha value is -2.87. The van der Waals surface area contributed by atoms with Crippen molar-refractivity contribution in [3.63, 3.8) is 0 Å². The van der Waals surface area contributed by atoms with Crippen LogP contribution in [0, 0.1) is 0 Å². The van der Waals surface area contributed by atoms with Gasteiger partial charge in [-0.05, 0) is 36.1 Å². The third kappa shape index (κ3) is 5.82. The number of anilines is 2. The van der Waals surface area contributed by atoms with Crippen molar-refractivity contribution in [1.29, 1.82) is 0 Å². The number of aryl methyl sites for hydroxylation is 2. The van der Waals surface area contributed by atoms with Crippen molar-refractivity contribution in [2.24, 2.45) is 0 Å². The minimum Gasteiger partial charge on any atom is -0.452 e. The number of hydrogen-bond acceptors (Lipinski definition) is 5. The van der Waals surface area contributed by atoms with Crippen molar-refractivity contribution in [3.8, 4) is 0 Å². The number of carbonyl (C=O) groups excluding carboxylic acids is 2. The van der Waals surface area contributed by atoms with E-state index < -0.39 is 28.5 Å². The SMILES string of the molecule is CCc1cccc(CC)c1NC(=O)COC(=O)c1ccccc1NS(C)(=O)=O. The van der Waals surface area contributed by atoms with Gasteiger partial charge in [-0.15, -0.1) is 0 Å². The largest absolute Gasteiger partial charge is 0.452 e. The van der Waals surface area contributed by atoms with Gasteiger partial charge in [0.15, 0.2) is 6.61 Å². The molecule has 0 saturated heterocycles. The summed E-state index contributed by atoms with van der Waals surface area (Å²) in [5.74, 6) is -1.25.